The minimum absolute atomic E-state index is 0.0172. The fourth-order valence-corrected chi connectivity index (χ4v) is 21.4. The zero-order valence-electron chi connectivity index (χ0n) is 81.7. The first kappa shape index (κ1) is 107. The third kappa shape index (κ3) is 20.3. The molecule has 6 fully saturated rings. The second-order valence-electron chi connectivity index (χ2n) is 41.8. The van der Waals surface area contributed by atoms with Gasteiger partial charge in [0.25, 0.3) is 45.9 Å². The number of phenols is 2. The molecule has 0 amide bonds. The Kier molecular flexibility index (Phi) is 29.0. The highest BCUT2D eigenvalue weighted by Crippen LogP contribution is 2.66. The van der Waals surface area contributed by atoms with Crippen LogP contribution in [0.1, 0.15) is 261 Å². The molecule has 766 valence electrons. The highest BCUT2D eigenvalue weighted by Gasteiger charge is 2.75. The van der Waals surface area contributed by atoms with Gasteiger partial charge in [-0.1, -0.05) is 213 Å². The van der Waals surface area contributed by atoms with Gasteiger partial charge >= 0.3 is 7.12 Å². The molecular formula is C108H109BBr2ClN5O28Si2. The third-order valence-corrected chi connectivity index (χ3v) is 39.6. The fraction of sp³-hybridized carbons (Fsp3) is 0.343. The van der Waals surface area contributed by atoms with E-state index >= 15 is 0 Å². The van der Waals surface area contributed by atoms with Crippen molar-refractivity contribution in [3.63, 3.8) is 0 Å². The number of nitro groups is 4. The van der Waals surface area contributed by atoms with Crippen molar-refractivity contribution < 1.29 is 118 Å². The predicted molar refractivity (Wildman–Crippen MR) is 555 cm³/mol. The maximum Gasteiger partial charge on any atom is 0.454 e. The van der Waals surface area contributed by atoms with Gasteiger partial charge in [0.2, 0.25) is 44.5 Å². The van der Waals surface area contributed by atoms with E-state index in [0.29, 0.717) is 51.9 Å². The summed E-state index contributed by atoms with van der Waals surface area (Å²) in [5.41, 5.74) is 5.36. The number of fused-ring (bicyclic) bond motifs is 16. The van der Waals surface area contributed by atoms with E-state index in [0.717, 1.165) is 112 Å². The standard InChI is InChI=1S/C18H12ClNO5.C18H14N2O5.C18H13NO6.C15H24OSi.C12H19BrOSi.C9H5NO6.C9H10O.C6H5BrO.C3H7BO2/c2*19-17-12-7-6-10(9-4-5-9)8-14(12)25-18(17,22)15-11(16(17)21)2-1-3-13(15)20(23)24;20-16-11-2-1-3-13(19(23)24)15(11)18(22)17(16,21)12-7-6-10(9-4-5-9)8-14(12)25-18;1-15(2,3)17(4,5)16-14-8-6-7-13(11-14)12-9-10-12;1-12(2,3)15(4,5)14-11-8-6-7-10(13)9-11;11-7-4-2-1-3-5(10(15)16)6(4)8(12)9(7,13)14;10-9-3-1-2-8(6-9)7-4-5-7;7-5-2-1-3-6(8)4-5;5-4(6)3-1-2-3/h1-3,6-9,22H,4-5H2;1-3,6-9,22H,4-5,19H2;1-3,6-9,21-22H,4-5H2;6-8,11-12H,9-10H2,1-5H3;6-9H,1-5H3;1-3,13-14H;1-3,6-7,10H,4-5H2;1-4,8H;3,5-6H,1-2H2. The van der Waals surface area contributed by atoms with Gasteiger partial charge in [-0.25, -0.2) is 0 Å². The lowest BCUT2D eigenvalue weighted by Gasteiger charge is -2.36. The molecule has 3 heterocycles. The van der Waals surface area contributed by atoms with Crippen LogP contribution in [0.15, 0.2) is 233 Å². The number of carbonyl (C=O) groups excluding carboxylic acids is 5. The van der Waals surface area contributed by atoms with E-state index in [9.17, 15) is 95.1 Å². The van der Waals surface area contributed by atoms with E-state index in [-0.39, 0.29) is 77.5 Å². The summed E-state index contributed by atoms with van der Waals surface area (Å²) in [5.74, 6) is -8.24. The van der Waals surface area contributed by atoms with E-state index in [1.165, 1.54) is 97.5 Å². The fourth-order valence-electron chi connectivity index (χ4n) is 18.2. The van der Waals surface area contributed by atoms with E-state index in [1.807, 2.05) is 54.6 Å². The summed E-state index contributed by atoms with van der Waals surface area (Å²) in [6.45, 7) is 22.7. The number of hydrogen-bond acceptors (Lipinski definition) is 29. The van der Waals surface area contributed by atoms with Crippen molar-refractivity contribution in [3.05, 3.63) is 363 Å². The molecule has 6 saturated carbocycles. The molecule has 147 heavy (non-hydrogen) atoms. The molecule has 6 unspecified atom stereocenters. The molecule has 24 rings (SSSR count). The summed E-state index contributed by atoms with van der Waals surface area (Å²) in [5, 5.41) is 143. The molecule has 0 spiro atoms. The molecule has 0 aromatic heterocycles. The van der Waals surface area contributed by atoms with Crippen molar-refractivity contribution >= 4 is 119 Å². The monoisotopic (exact) mass is 2180 g/mol. The summed E-state index contributed by atoms with van der Waals surface area (Å²) in [6.07, 6.45) is 13.7. The first-order valence-electron chi connectivity index (χ1n) is 48.0. The number of nitrogens with two attached hydrogens (primary N) is 1. The van der Waals surface area contributed by atoms with Crippen LogP contribution in [-0.4, -0.2) is 129 Å². The maximum atomic E-state index is 13.0. The quantitative estimate of drug-likeness (QED) is 0.0120. The Morgan fingerprint density at radius 1 is 0.388 bits per heavy atom. The molecule has 10 aliphatic carbocycles. The Balaban J connectivity index is 0.000000122. The van der Waals surface area contributed by atoms with Crippen LogP contribution in [0.4, 0.5) is 22.7 Å². The minimum Gasteiger partial charge on any atom is -0.543 e. The Morgan fingerprint density at radius 2 is 0.728 bits per heavy atom. The van der Waals surface area contributed by atoms with Gasteiger partial charge in [-0.15, -0.1) is 0 Å². The summed E-state index contributed by atoms with van der Waals surface area (Å²) in [4.78, 5) is 102. The molecule has 0 saturated heterocycles. The van der Waals surface area contributed by atoms with Gasteiger partial charge < -0.3 is 79.7 Å². The van der Waals surface area contributed by atoms with Crippen LogP contribution >= 0.6 is 43.5 Å². The van der Waals surface area contributed by atoms with Crippen molar-refractivity contribution in [1.29, 1.82) is 0 Å². The van der Waals surface area contributed by atoms with Crippen LogP contribution in [0.5, 0.6) is 40.2 Å². The van der Waals surface area contributed by atoms with Crippen LogP contribution in [0.3, 0.4) is 0 Å². The van der Waals surface area contributed by atoms with Gasteiger partial charge in [0.05, 0.1) is 19.7 Å². The number of benzene rings is 11. The number of aromatic hydroxyl groups is 2. The number of nitro benzene ring substituents is 4. The average Bonchev–Trinajstić information content (AvgIpc) is 1.51. The molecule has 0 bridgehead atoms. The Bertz CT molecular complexity index is 6790. The van der Waals surface area contributed by atoms with E-state index in [1.54, 1.807) is 66.7 Å². The summed E-state index contributed by atoms with van der Waals surface area (Å²) in [7, 11) is -4.41. The Hall–Kier alpha value is -12.6. The molecule has 0 radical (unpaired) electrons. The van der Waals surface area contributed by atoms with Crippen molar-refractivity contribution in [2.24, 2.45) is 5.73 Å². The number of carbonyl (C=O) groups is 5. The van der Waals surface area contributed by atoms with Crippen molar-refractivity contribution in [1.82, 2.24) is 0 Å². The average molecular weight is 2190 g/mol. The number of nitrogens with zero attached hydrogens (tertiary/aromatic N) is 4. The molecule has 11 aromatic rings. The number of ether oxygens (including phenoxy) is 3. The van der Waals surface area contributed by atoms with E-state index < -0.39 is 128 Å². The van der Waals surface area contributed by atoms with Crippen molar-refractivity contribution in [3.8, 4) is 40.2 Å². The molecule has 39 heteroatoms. The number of aliphatic hydroxyl groups is 6. The van der Waals surface area contributed by atoms with Crippen LogP contribution in [0.2, 0.25) is 42.1 Å². The van der Waals surface area contributed by atoms with E-state index in [4.69, 9.17) is 60.7 Å². The first-order valence-corrected chi connectivity index (χ1v) is 55.8. The van der Waals surface area contributed by atoms with Gasteiger partial charge in [-0.2, -0.15) is 0 Å². The molecule has 12 N–H and O–H groups in total. The van der Waals surface area contributed by atoms with Gasteiger partial charge in [-0.3, -0.25) is 64.4 Å². The lowest BCUT2D eigenvalue weighted by atomic mass is 9.83. The number of halogens is 3. The summed E-state index contributed by atoms with van der Waals surface area (Å²) >= 11 is 13.3. The topological polar surface area (TPSA) is 532 Å². The zero-order valence-corrected chi connectivity index (χ0v) is 87.6. The Morgan fingerprint density at radius 3 is 1.14 bits per heavy atom. The second kappa shape index (κ2) is 39.8. The smallest absolute Gasteiger partial charge is 0.454 e. The number of phenolic OH excluding ortho intramolecular Hbond substituents is 2. The van der Waals surface area contributed by atoms with Crippen LogP contribution in [0.25, 0.3) is 0 Å². The molecule has 6 atom stereocenters. The highest BCUT2D eigenvalue weighted by molar-refractivity contribution is 9.10. The van der Waals surface area contributed by atoms with Crippen LogP contribution < -0.4 is 28.8 Å². The number of Topliss-reactive ketones (excluding diaryl/α,β-unsaturated/α-hetero) is 5. The molecule has 33 nitrogen and oxygen atoms in total. The second-order valence-corrected chi connectivity index (χ2v) is 53.6. The molecular weight excluding hydrogens is 2080 g/mol. The highest BCUT2D eigenvalue weighted by atomic mass is 79.9. The van der Waals surface area contributed by atoms with Gasteiger partial charge in [0.15, 0.2) is 17.1 Å². The Labute approximate surface area is 869 Å². The van der Waals surface area contributed by atoms with Crippen LogP contribution in [-0.2, 0) is 33.4 Å². The summed E-state index contributed by atoms with van der Waals surface area (Å²) < 4.78 is 31.5. The minimum atomic E-state index is -3.19. The molecule has 11 aromatic carbocycles. The number of hydrogen-bond donors (Lipinski definition) is 11. The van der Waals surface area contributed by atoms with Gasteiger partial charge in [-0.05, 0) is 249 Å². The first-order chi connectivity index (χ1) is 69.0. The lowest BCUT2D eigenvalue weighted by molar-refractivity contribution is -0.388. The zero-order chi connectivity index (χ0) is 107. The molecule has 13 aliphatic rings. The number of alkyl halides is 1. The largest absolute Gasteiger partial charge is 0.543 e. The molecule has 3 aliphatic heterocycles. The summed E-state index contributed by atoms with van der Waals surface area (Å²) in [6, 6.07) is 62.3. The van der Waals surface area contributed by atoms with Crippen molar-refractivity contribution in [2.75, 3.05) is 0 Å². The lowest BCUT2D eigenvalue weighted by Crippen LogP contribution is -2.55. The third-order valence-electron chi connectivity index (χ3n) is 29.3. The van der Waals surface area contributed by atoms with Crippen molar-refractivity contribution in [2.45, 2.75) is 229 Å². The normalized spacial score (nSPS) is 22.4. The van der Waals surface area contributed by atoms with E-state index in [2.05, 4.69) is 130 Å². The predicted octanol–water partition coefficient (Wildman–Crippen LogP) is 21.0. The SMILES string of the molecule is CC(C)(C)[Si](C)(C)Oc1cccc(Br)c1.CC(C)(C)[Si](C)(C)Oc1cccc(C2CC2)c1.NC12C(=O)c3cccc([N+](=O)[O-])c3C1(O)Oc1cc(C3CC3)ccc12.O=C1c2cccc([N+](=O)[O-])c2C(=O)C1(O)O.O=C1c2cccc([N+](=O)[O-])c2C2(O)Oc3cc(C4CC4)ccc3C12Cl.O=C1c2cccc([N+](=O)[O-])c2C2(O)Oc3cc(C4CC4)ccc3C12O.OB(O)C1CC1.Oc1cccc(Br)c1.Oc1cccc(C2CC2)c1. The number of ketones is 5. The van der Waals surface area contributed by atoms with Gasteiger partial charge in [0.1, 0.15) is 62.5 Å². The van der Waals surface area contributed by atoms with Gasteiger partial charge in [0, 0.05) is 72.2 Å². The number of rotatable bonds is 14. The maximum absolute atomic E-state index is 13.0. The van der Waals surface area contributed by atoms with Crippen LogP contribution in [0, 0.1) is 40.5 Å².